The summed E-state index contributed by atoms with van der Waals surface area (Å²) in [6, 6.07) is 19.3. The number of rotatable bonds is 15. The lowest BCUT2D eigenvalue weighted by Gasteiger charge is -2.32. The van der Waals surface area contributed by atoms with Crippen molar-refractivity contribution in [2.24, 2.45) is 0 Å². The van der Waals surface area contributed by atoms with E-state index >= 15 is 0 Å². The van der Waals surface area contributed by atoms with Crippen LogP contribution in [-0.2, 0) is 26.2 Å². The summed E-state index contributed by atoms with van der Waals surface area (Å²) in [4.78, 5) is 29.7. The SMILES string of the molecule is CCOc1ccc(N(CC(=O)N(Cc2cccc(OC)c2)[C@H](C)C(=O)N[C@@H](C)CC)S(=O)(=O)c2ccc(SC)cc2)cc1. The molecule has 43 heavy (non-hydrogen) atoms. The number of sulfonamides is 1. The quantitative estimate of drug-likeness (QED) is 0.227. The Morgan fingerprint density at radius 2 is 1.63 bits per heavy atom. The van der Waals surface area contributed by atoms with E-state index in [9.17, 15) is 18.0 Å². The number of benzene rings is 3. The van der Waals surface area contributed by atoms with Crippen LogP contribution in [0.2, 0.25) is 0 Å². The van der Waals surface area contributed by atoms with Crippen molar-refractivity contribution in [2.75, 3.05) is 30.8 Å². The van der Waals surface area contributed by atoms with E-state index in [4.69, 9.17) is 9.47 Å². The number of hydrogen-bond donors (Lipinski definition) is 1. The molecule has 2 amide bonds. The van der Waals surface area contributed by atoms with Crippen LogP contribution in [0.3, 0.4) is 0 Å². The molecule has 0 aliphatic rings. The molecular formula is C32H41N3O6S2. The lowest BCUT2D eigenvalue weighted by atomic mass is 10.1. The van der Waals surface area contributed by atoms with E-state index in [2.05, 4.69) is 5.32 Å². The molecule has 1 N–H and O–H groups in total. The van der Waals surface area contributed by atoms with Crippen LogP contribution in [0.25, 0.3) is 0 Å². The maximum absolute atomic E-state index is 14.1. The molecule has 0 fully saturated rings. The van der Waals surface area contributed by atoms with Crippen molar-refractivity contribution in [2.45, 2.75) is 62.5 Å². The zero-order valence-corrected chi connectivity index (χ0v) is 27.2. The van der Waals surface area contributed by atoms with Crippen LogP contribution in [0.1, 0.15) is 39.7 Å². The highest BCUT2D eigenvalue weighted by Crippen LogP contribution is 2.28. The third-order valence-corrected chi connectivity index (χ3v) is 9.55. The van der Waals surface area contributed by atoms with Crippen LogP contribution >= 0.6 is 11.8 Å². The summed E-state index contributed by atoms with van der Waals surface area (Å²) in [6.45, 7) is 7.36. The molecule has 0 radical (unpaired) electrons. The predicted octanol–water partition coefficient (Wildman–Crippen LogP) is 5.34. The lowest BCUT2D eigenvalue weighted by Crippen LogP contribution is -2.52. The first-order valence-corrected chi connectivity index (χ1v) is 16.8. The fraction of sp³-hybridized carbons (Fsp3) is 0.375. The molecule has 9 nitrogen and oxygen atoms in total. The van der Waals surface area contributed by atoms with Gasteiger partial charge < -0.3 is 19.7 Å². The van der Waals surface area contributed by atoms with E-state index in [0.717, 1.165) is 21.2 Å². The first kappa shape index (κ1) is 33.8. The molecular weight excluding hydrogens is 587 g/mol. The highest BCUT2D eigenvalue weighted by atomic mass is 32.2. The molecule has 0 unspecified atom stereocenters. The normalized spacial score (nSPS) is 12.6. The van der Waals surface area contributed by atoms with E-state index in [1.165, 1.54) is 28.8 Å². The van der Waals surface area contributed by atoms with E-state index in [-0.39, 0.29) is 23.4 Å². The summed E-state index contributed by atoms with van der Waals surface area (Å²) in [6.07, 6.45) is 2.63. The van der Waals surface area contributed by atoms with Crippen LogP contribution in [0.4, 0.5) is 5.69 Å². The van der Waals surface area contributed by atoms with E-state index in [1.54, 1.807) is 68.6 Å². The van der Waals surface area contributed by atoms with Gasteiger partial charge in [-0.3, -0.25) is 13.9 Å². The second kappa shape index (κ2) is 15.7. The molecule has 11 heteroatoms. The average Bonchev–Trinajstić information content (AvgIpc) is 3.02. The van der Waals surface area contributed by atoms with Gasteiger partial charge in [0.1, 0.15) is 24.1 Å². The Hall–Kier alpha value is -3.70. The predicted molar refractivity (Wildman–Crippen MR) is 171 cm³/mol. The Morgan fingerprint density at radius 1 is 0.953 bits per heavy atom. The molecule has 0 aromatic heterocycles. The maximum Gasteiger partial charge on any atom is 0.264 e. The standard InChI is InChI=1S/C32H41N3O6S2/c1-7-23(3)33-32(37)24(4)34(21-25-10-9-11-28(20-25)40-5)31(36)22-35(26-12-14-27(15-13-26)41-8-2)43(38,39)30-18-16-29(42-6)17-19-30/h9-20,23-24H,7-8,21-22H2,1-6H3,(H,33,37)/t23-,24+/m0/s1. The summed E-state index contributed by atoms with van der Waals surface area (Å²) in [5.41, 5.74) is 1.03. The zero-order chi connectivity index (χ0) is 31.6. The molecule has 3 aromatic rings. The zero-order valence-electron chi connectivity index (χ0n) is 25.6. The largest absolute Gasteiger partial charge is 0.497 e. The number of methoxy groups -OCH3 is 1. The number of nitrogens with zero attached hydrogens (tertiary/aromatic N) is 2. The van der Waals surface area contributed by atoms with Gasteiger partial charge in [0, 0.05) is 17.5 Å². The molecule has 232 valence electrons. The fourth-order valence-corrected chi connectivity index (χ4v) is 6.12. The molecule has 0 saturated carbocycles. The third-order valence-electron chi connectivity index (χ3n) is 7.02. The Bertz CT molecular complexity index is 1460. The summed E-state index contributed by atoms with van der Waals surface area (Å²) in [5, 5.41) is 2.94. The van der Waals surface area contributed by atoms with Crippen LogP contribution in [0.15, 0.2) is 82.6 Å². The van der Waals surface area contributed by atoms with Crippen molar-refractivity contribution in [1.29, 1.82) is 0 Å². The maximum atomic E-state index is 14.1. The fourth-order valence-electron chi connectivity index (χ4n) is 4.29. The van der Waals surface area contributed by atoms with Crippen LogP contribution in [0, 0.1) is 0 Å². The highest BCUT2D eigenvalue weighted by molar-refractivity contribution is 7.98. The molecule has 0 aliphatic heterocycles. The number of carbonyl (C=O) groups is 2. The van der Waals surface area contributed by atoms with E-state index in [0.29, 0.717) is 23.8 Å². The molecule has 0 saturated heterocycles. The number of ether oxygens (including phenoxy) is 2. The summed E-state index contributed by atoms with van der Waals surface area (Å²) >= 11 is 1.50. The van der Waals surface area contributed by atoms with Crippen LogP contribution < -0.4 is 19.1 Å². The van der Waals surface area contributed by atoms with Gasteiger partial charge in [-0.2, -0.15) is 0 Å². The van der Waals surface area contributed by atoms with Gasteiger partial charge in [0.25, 0.3) is 10.0 Å². The summed E-state index contributed by atoms with van der Waals surface area (Å²) in [7, 11) is -2.62. The van der Waals surface area contributed by atoms with E-state index in [1.807, 2.05) is 33.1 Å². The van der Waals surface area contributed by atoms with Crippen molar-refractivity contribution in [3.63, 3.8) is 0 Å². The molecule has 0 aliphatic carbocycles. The highest BCUT2D eigenvalue weighted by Gasteiger charge is 2.33. The number of anilines is 1. The lowest BCUT2D eigenvalue weighted by molar-refractivity contribution is -0.139. The number of hydrogen-bond acceptors (Lipinski definition) is 7. The van der Waals surface area contributed by atoms with Gasteiger partial charge in [-0.05, 0) is 99.7 Å². The second-order valence-corrected chi connectivity index (χ2v) is 12.7. The molecule has 2 atom stereocenters. The molecule has 3 rings (SSSR count). The Labute approximate surface area is 259 Å². The smallest absolute Gasteiger partial charge is 0.264 e. The van der Waals surface area contributed by atoms with Crippen molar-refractivity contribution in [1.82, 2.24) is 10.2 Å². The van der Waals surface area contributed by atoms with E-state index < -0.39 is 28.5 Å². The first-order valence-electron chi connectivity index (χ1n) is 14.2. The number of thioether (sulfide) groups is 1. The van der Waals surface area contributed by atoms with Crippen LogP contribution in [-0.4, -0.2) is 63.7 Å². The number of carbonyl (C=O) groups excluding carboxylic acids is 2. The van der Waals surface area contributed by atoms with Gasteiger partial charge in [-0.15, -0.1) is 11.8 Å². The van der Waals surface area contributed by atoms with Gasteiger partial charge in [0.15, 0.2) is 0 Å². The minimum absolute atomic E-state index is 0.0499. The summed E-state index contributed by atoms with van der Waals surface area (Å²) < 4.78 is 40.1. The monoisotopic (exact) mass is 627 g/mol. The molecule has 0 spiro atoms. The van der Waals surface area contributed by atoms with Gasteiger partial charge in [0.2, 0.25) is 11.8 Å². The third kappa shape index (κ3) is 8.90. The van der Waals surface area contributed by atoms with Crippen LogP contribution in [0.5, 0.6) is 11.5 Å². The number of amides is 2. The minimum atomic E-state index is -4.17. The van der Waals surface area contributed by atoms with Crippen molar-refractivity contribution >= 4 is 39.3 Å². The van der Waals surface area contributed by atoms with Gasteiger partial charge in [-0.1, -0.05) is 19.1 Å². The average molecular weight is 628 g/mol. The van der Waals surface area contributed by atoms with Crippen molar-refractivity contribution in [3.8, 4) is 11.5 Å². The first-order chi connectivity index (χ1) is 20.5. The van der Waals surface area contributed by atoms with Crippen molar-refractivity contribution < 1.29 is 27.5 Å². The molecule has 3 aromatic carbocycles. The van der Waals surface area contributed by atoms with Crippen molar-refractivity contribution in [3.05, 3.63) is 78.4 Å². The van der Waals surface area contributed by atoms with Gasteiger partial charge >= 0.3 is 0 Å². The number of nitrogens with one attached hydrogen (secondary N) is 1. The Morgan fingerprint density at radius 3 is 2.21 bits per heavy atom. The minimum Gasteiger partial charge on any atom is -0.497 e. The van der Waals surface area contributed by atoms with Gasteiger partial charge in [0.05, 0.1) is 24.3 Å². The summed E-state index contributed by atoms with van der Waals surface area (Å²) in [5.74, 6) is 0.324. The topological polar surface area (TPSA) is 105 Å². The second-order valence-electron chi connectivity index (χ2n) is 9.98. The molecule has 0 bridgehead atoms. The Balaban J connectivity index is 2.04. The van der Waals surface area contributed by atoms with Gasteiger partial charge in [-0.25, -0.2) is 8.42 Å². The molecule has 0 heterocycles. The Kier molecular flexibility index (Phi) is 12.3.